The monoisotopic (exact) mass is 270 g/mol. The van der Waals surface area contributed by atoms with Crippen LogP contribution in [0.5, 0.6) is 0 Å². The molecule has 100 valence electrons. The number of hydrogen-bond donors (Lipinski definition) is 0. The first-order valence-electron chi connectivity index (χ1n) is 6.12. The molecule has 2 nitrogen and oxygen atoms in total. The number of halogens is 1. The number of rotatable bonds is 7. The molecule has 0 N–H and O–H groups in total. The summed E-state index contributed by atoms with van der Waals surface area (Å²) in [7, 11) is -0.839. The maximum absolute atomic E-state index is 12.7. The average Bonchev–Trinajstić information content (AvgIpc) is 2.28. The van der Waals surface area contributed by atoms with Gasteiger partial charge in [0.15, 0.2) is 5.78 Å². The van der Waals surface area contributed by atoms with Crippen molar-refractivity contribution in [3.8, 4) is 0 Å². The summed E-state index contributed by atoms with van der Waals surface area (Å²) < 4.78 is 24.2. The summed E-state index contributed by atoms with van der Waals surface area (Å²) >= 11 is 0. The van der Waals surface area contributed by atoms with Gasteiger partial charge in [-0.15, -0.1) is 0 Å². The smallest absolute Gasteiger partial charge is 0.162 e. The molecule has 1 unspecified atom stereocenters. The first-order chi connectivity index (χ1) is 8.49. The first kappa shape index (κ1) is 15.0. The second-order valence-electron chi connectivity index (χ2n) is 4.74. The Bertz CT molecular complexity index is 412. The zero-order valence-corrected chi connectivity index (χ0v) is 11.6. The summed E-state index contributed by atoms with van der Waals surface area (Å²) in [5, 5.41) is 0. The summed E-state index contributed by atoms with van der Waals surface area (Å²) in [5.41, 5.74) is 0.519. The van der Waals surface area contributed by atoms with Gasteiger partial charge in [-0.1, -0.05) is 13.8 Å². The van der Waals surface area contributed by atoms with E-state index < -0.39 is 10.8 Å². The molecule has 1 atom stereocenters. The molecule has 0 fully saturated rings. The highest BCUT2D eigenvalue weighted by atomic mass is 32.2. The fraction of sp³-hybridized carbons (Fsp3) is 0.500. The van der Waals surface area contributed by atoms with E-state index in [4.69, 9.17) is 0 Å². The van der Waals surface area contributed by atoms with Crippen molar-refractivity contribution in [1.82, 2.24) is 0 Å². The van der Waals surface area contributed by atoms with E-state index in [1.165, 1.54) is 24.3 Å². The van der Waals surface area contributed by atoms with Gasteiger partial charge in [0.1, 0.15) is 5.82 Å². The molecule has 1 aromatic rings. The normalized spacial score (nSPS) is 12.7. The van der Waals surface area contributed by atoms with E-state index in [-0.39, 0.29) is 11.6 Å². The minimum absolute atomic E-state index is 0.0171. The quantitative estimate of drug-likeness (QED) is 0.713. The van der Waals surface area contributed by atoms with Crippen LogP contribution in [0.1, 0.15) is 37.0 Å². The lowest BCUT2D eigenvalue weighted by molar-refractivity contribution is 0.0982. The standard InChI is InChI=1S/C14H19FO2S/c1-11(2)10-18(17)9-3-4-14(16)12-5-7-13(15)8-6-12/h5-8,11H,3-4,9-10H2,1-2H3. The Balaban J connectivity index is 2.33. The SMILES string of the molecule is CC(C)CS(=O)CCCC(=O)c1ccc(F)cc1. The molecule has 0 amide bonds. The van der Waals surface area contributed by atoms with Crippen LogP contribution in [0.4, 0.5) is 4.39 Å². The molecule has 1 aromatic carbocycles. The average molecular weight is 270 g/mol. The molecule has 4 heteroatoms. The highest BCUT2D eigenvalue weighted by molar-refractivity contribution is 7.84. The van der Waals surface area contributed by atoms with E-state index >= 15 is 0 Å². The molecule has 0 saturated carbocycles. The van der Waals surface area contributed by atoms with Gasteiger partial charge < -0.3 is 0 Å². The van der Waals surface area contributed by atoms with Crippen molar-refractivity contribution in [3.63, 3.8) is 0 Å². The van der Waals surface area contributed by atoms with Crippen molar-refractivity contribution in [2.45, 2.75) is 26.7 Å². The molecule has 0 aromatic heterocycles. The Morgan fingerprint density at radius 2 is 1.89 bits per heavy atom. The third-order valence-electron chi connectivity index (χ3n) is 2.46. The molecule has 0 spiro atoms. The minimum atomic E-state index is -0.839. The molecule has 0 radical (unpaired) electrons. The summed E-state index contributed by atoms with van der Waals surface area (Å²) in [4.78, 5) is 11.7. The highest BCUT2D eigenvalue weighted by Crippen LogP contribution is 2.08. The summed E-state index contributed by atoms with van der Waals surface area (Å²) in [5.74, 6) is 1.30. The van der Waals surface area contributed by atoms with Gasteiger partial charge in [0.05, 0.1) is 0 Å². The van der Waals surface area contributed by atoms with Crippen LogP contribution in [-0.2, 0) is 10.8 Å². The minimum Gasteiger partial charge on any atom is -0.294 e. The molecule has 18 heavy (non-hydrogen) atoms. The van der Waals surface area contributed by atoms with E-state index in [0.29, 0.717) is 35.8 Å². The highest BCUT2D eigenvalue weighted by Gasteiger charge is 2.08. The molecule has 0 bridgehead atoms. The van der Waals surface area contributed by atoms with Crippen molar-refractivity contribution >= 4 is 16.6 Å². The summed E-state index contributed by atoms with van der Waals surface area (Å²) in [6.07, 6.45) is 0.991. The number of hydrogen-bond acceptors (Lipinski definition) is 2. The number of benzene rings is 1. The van der Waals surface area contributed by atoms with Gasteiger partial charge >= 0.3 is 0 Å². The third-order valence-corrected chi connectivity index (χ3v) is 4.24. The van der Waals surface area contributed by atoms with Crippen LogP contribution in [0, 0.1) is 11.7 Å². The lowest BCUT2D eigenvalue weighted by Crippen LogP contribution is -2.09. The fourth-order valence-electron chi connectivity index (χ4n) is 1.63. The Morgan fingerprint density at radius 3 is 2.44 bits per heavy atom. The number of ketones is 1. The zero-order valence-electron chi connectivity index (χ0n) is 10.8. The Morgan fingerprint density at radius 1 is 1.28 bits per heavy atom. The maximum Gasteiger partial charge on any atom is 0.162 e. The predicted molar refractivity (Wildman–Crippen MR) is 72.7 cm³/mol. The molecule has 0 saturated heterocycles. The summed E-state index contributed by atoms with van der Waals surface area (Å²) in [6.45, 7) is 4.06. The third kappa shape index (κ3) is 5.54. The molecule has 0 aliphatic rings. The predicted octanol–water partition coefficient (Wildman–Crippen LogP) is 3.19. The van der Waals surface area contributed by atoms with Crippen molar-refractivity contribution in [2.24, 2.45) is 5.92 Å². The molecule has 0 heterocycles. The molecule has 0 aliphatic carbocycles. The Hall–Kier alpha value is -1.03. The molecule has 1 rings (SSSR count). The van der Waals surface area contributed by atoms with Crippen LogP contribution >= 0.6 is 0 Å². The van der Waals surface area contributed by atoms with Crippen LogP contribution in [0.25, 0.3) is 0 Å². The molecular weight excluding hydrogens is 251 g/mol. The van der Waals surface area contributed by atoms with E-state index in [9.17, 15) is 13.4 Å². The topological polar surface area (TPSA) is 34.1 Å². The van der Waals surface area contributed by atoms with E-state index in [2.05, 4.69) is 0 Å². The first-order valence-corrected chi connectivity index (χ1v) is 7.61. The van der Waals surface area contributed by atoms with Gasteiger partial charge in [-0.05, 0) is 36.6 Å². The zero-order chi connectivity index (χ0) is 13.5. The van der Waals surface area contributed by atoms with Crippen LogP contribution in [-0.4, -0.2) is 21.5 Å². The fourth-order valence-corrected chi connectivity index (χ4v) is 3.01. The van der Waals surface area contributed by atoms with Crippen LogP contribution < -0.4 is 0 Å². The lowest BCUT2D eigenvalue weighted by Gasteiger charge is -2.05. The number of carbonyl (C=O) groups excluding carboxylic acids is 1. The van der Waals surface area contributed by atoms with E-state index in [1.807, 2.05) is 13.8 Å². The lowest BCUT2D eigenvalue weighted by atomic mass is 10.1. The summed E-state index contributed by atoms with van der Waals surface area (Å²) in [6, 6.07) is 5.54. The van der Waals surface area contributed by atoms with E-state index in [1.54, 1.807) is 0 Å². The Labute approximate surface area is 110 Å². The van der Waals surface area contributed by atoms with Gasteiger partial charge in [-0.25, -0.2) is 4.39 Å². The van der Waals surface area contributed by atoms with Crippen molar-refractivity contribution in [1.29, 1.82) is 0 Å². The second-order valence-corrected chi connectivity index (χ2v) is 6.36. The van der Waals surface area contributed by atoms with Gasteiger partial charge in [0.2, 0.25) is 0 Å². The van der Waals surface area contributed by atoms with Crippen LogP contribution in [0.15, 0.2) is 24.3 Å². The number of Topliss-reactive ketones (excluding diaryl/α,β-unsaturated/α-hetero) is 1. The van der Waals surface area contributed by atoms with Crippen molar-refractivity contribution in [2.75, 3.05) is 11.5 Å². The van der Waals surface area contributed by atoms with Crippen molar-refractivity contribution < 1.29 is 13.4 Å². The largest absolute Gasteiger partial charge is 0.294 e. The van der Waals surface area contributed by atoms with Gasteiger partial charge in [0.25, 0.3) is 0 Å². The van der Waals surface area contributed by atoms with Gasteiger partial charge in [0, 0.05) is 34.3 Å². The molecular formula is C14H19FO2S. The van der Waals surface area contributed by atoms with Crippen molar-refractivity contribution in [3.05, 3.63) is 35.6 Å². The molecule has 0 aliphatic heterocycles. The van der Waals surface area contributed by atoms with Gasteiger partial charge in [-0.3, -0.25) is 9.00 Å². The van der Waals surface area contributed by atoms with Crippen LogP contribution in [0.3, 0.4) is 0 Å². The maximum atomic E-state index is 12.7. The second kappa shape index (κ2) is 7.41. The van der Waals surface area contributed by atoms with E-state index in [0.717, 1.165) is 0 Å². The van der Waals surface area contributed by atoms with Gasteiger partial charge in [-0.2, -0.15) is 0 Å². The Kier molecular flexibility index (Phi) is 6.19. The van der Waals surface area contributed by atoms with Crippen LogP contribution in [0.2, 0.25) is 0 Å². The number of carbonyl (C=O) groups is 1.